The van der Waals surface area contributed by atoms with Gasteiger partial charge in [0.05, 0.1) is 5.41 Å². The Balaban J connectivity index is -0.000000193. The second-order valence-electron chi connectivity index (χ2n) is 15.6. The number of carboxylic acid groups (broad SMARTS) is 6. The van der Waals surface area contributed by atoms with Crippen molar-refractivity contribution in [1.82, 2.24) is 0 Å². The van der Waals surface area contributed by atoms with Gasteiger partial charge in [0.2, 0.25) is 0 Å². The van der Waals surface area contributed by atoms with Gasteiger partial charge >= 0.3 is 35.8 Å². The van der Waals surface area contributed by atoms with Gasteiger partial charge in [0.25, 0.3) is 0 Å². The molecule has 0 aromatic rings. The van der Waals surface area contributed by atoms with E-state index < -0.39 is 41.2 Å². The summed E-state index contributed by atoms with van der Waals surface area (Å²) in [5.74, 6) is -3.20. The molecule has 0 heterocycles. The summed E-state index contributed by atoms with van der Waals surface area (Å²) in [5, 5.41) is 49.5. The minimum absolute atomic E-state index is 0.292. The highest BCUT2D eigenvalue weighted by atomic mass is 16.4. The molecule has 0 radical (unpaired) electrons. The molecule has 6 N–H and O–H groups in total. The molecular formula is C48H96O12. The van der Waals surface area contributed by atoms with Crippen LogP contribution in [0.4, 0.5) is 0 Å². The standard InChI is InChI=1S/C28H56O2.5C4H8O2/c1-5-9-12-16-21-26(22-17-13-10-6-2)23-18-15-20-25-28(8-4,27(29)30)24-19-14-11-7-3;5*1-2-3-4(5)6/h26H,5-25H2,1-4H3,(H,29,30);5*2-3H2,1H3,(H,5,6). The van der Waals surface area contributed by atoms with Gasteiger partial charge in [-0.15, -0.1) is 0 Å². The van der Waals surface area contributed by atoms with Gasteiger partial charge in [-0.05, 0) is 57.3 Å². The summed E-state index contributed by atoms with van der Waals surface area (Å²) in [6.07, 6.45) is 31.2. The predicted octanol–water partition coefficient (Wildman–Crippen LogP) is 14.3. The van der Waals surface area contributed by atoms with Crippen molar-refractivity contribution in [3.8, 4) is 0 Å². The van der Waals surface area contributed by atoms with Gasteiger partial charge in [-0.2, -0.15) is 0 Å². The summed E-state index contributed by atoms with van der Waals surface area (Å²) in [4.78, 5) is 60.0. The van der Waals surface area contributed by atoms with Crippen LogP contribution >= 0.6 is 0 Å². The molecule has 0 saturated heterocycles. The van der Waals surface area contributed by atoms with Crippen LogP contribution in [0.25, 0.3) is 0 Å². The number of aliphatic carboxylic acids is 6. The molecule has 0 aromatic carbocycles. The Kier molecular flexibility index (Phi) is 63.8. The summed E-state index contributed by atoms with van der Waals surface area (Å²) in [6, 6.07) is 0. The number of unbranched alkanes of at least 4 members (excludes halogenated alkanes) is 11. The van der Waals surface area contributed by atoms with E-state index in [-0.39, 0.29) is 0 Å². The van der Waals surface area contributed by atoms with Crippen molar-refractivity contribution < 1.29 is 59.4 Å². The maximum Gasteiger partial charge on any atom is 0.309 e. The van der Waals surface area contributed by atoms with Gasteiger partial charge < -0.3 is 30.6 Å². The molecule has 0 aliphatic heterocycles. The zero-order valence-corrected chi connectivity index (χ0v) is 40.1. The van der Waals surface area contributed by atoms with Gasteiger partial charge in [-0.1, -0.05) is 178 Å². The largest absolute Gasteiger partial charge is 0.481 e. The summed E-state index contributed by atoms with van der Waals surface area (Å²) in [5.41, 5.74) is -0.465. The molecule has 0 bridgehead atoms. The summed E-state index contributed by atoms with van der Waals surface area (Å²) in [6.45, 7) is 18.1. The van der Waals surface area contributed by atoms with Crippen molar-refractivity contribution >= 4 is 35.8 Å². The summed E-state index contributed by atoms with van der Waals surface area (Å²) in [7, 11) is 0. The number of hydrogen-bond donors (Lipinski definition) is 6. The molecule has 0 aliphatic rings. The Morgan fingerprint density at radius 3 is 0.733 bits per heavy atom. The van der Waals surface area contributed by atoms with Crippen LogP contribution in [0.2, 0.25) is 0 Å². The number of hydrogen-bond acceptors (Lipinski definition) is 6. The Bertz CT molecular complexity index is 864. The fourth-order valence-electron chi connectivity index (χ4n) is 6.03. The summed E-state index contributed by atoms with van der Waals surface area (Å²) < 4.78 is 0. The fraction of sp³-hybridized carbons (Fsp3) is 0.875. The molecule has 0 rings (SSSR count). The van der Waals surface area contributed by atoms with Gasteiger partial charge in [-0.25, -0.2) is 0 Å². The molecule has 0 fully saturated rings. The van der Waals surface area contributed by atoms with Crippen LogP contribution in [0.15, 0.2) is 0 Å². The first kappa shape index (κ1) is 68.6. The van der Waals surface area contributed by atoms with Gasteiger partial charge in [-0.3, -0.25) is 28.8 Å². The Hall–Kier alpha value is -3.18. The van der Waals surface area contributed by atoms with Crippen molar-refractivity contribution in [2.24, 2.45) is 11.3 Å². The third-order valence-corrected chi connectivity index (χ3v) is 9.66. The van der Waals surface area contributed by atoms with E-state index in [9.17, 15) is 33.9 Å². The maximum atomic E-state index is 12.0. The van der Waals surface area contributed by atoms with Crippen LogP contribution in [0.1, 0.15) is 261 Å². The zero-order chi connectivity index (χ0) is 47.5. The van der Waals surface area contributed by atoms with Crippen LogP contribution in [0.3, 0.4) is 0 Å². The van der Waals surface area contributed by atoms with E-state index in [1.165, 1.54) is 103 Å². The minimum atomic E-state index is -0.711. The SMILES string of the molecule is CCCC(=O)O.CCCC(=O)O.CCCC(=O)O.CCCC(=O)O.CCCC(=O)O.CCCCCCC(CCCCCC)CCCCCC(CC)(CCCCCC)C(=O)O. The van der Waals surface area contributed by atoms with E-state index in [0.717, 1.165) is 70.1 Å². The van der Waals surface area contributed by atoms with Crippen molar-refractivity contribution in [2.75, 3.05) is 0 Å². The molecule has 60 heavy (non-hydrogen) atoms. The number of carbonyl (C=O) groups is 6. The van der Waals surface area contributed by atoms with Gasteiger partial charge in [0, 0.05) is 32.1 Å². The third kappa shape index (κ3) is 66.6. The first-order valence-electron chi connectivity index (χ1n) is 23.7. The van der Waals surface area contributed by atoms with E-state index >= 15 is 0 Å². The molecule has 12 heteroatoms. The van der Waals surface area contributed by atoms with Gasteiger partial charge in [0.1, 0.15) is 0 Å². The molecule has 1 unspecified atom stereocenters. The lowest BCUT2D eigenvalue weighted by Gasteiger charge is -2.28. The molecule has 12 nitrogen and oxygen atoms in total. The first-order valence-corrected chi connectivity index (χ1v) is 23.7. The number of carboxylic acids is 6. The zero-order valence-electron chi connectivity index (χ0n) is 40.1. The molecule has 0 aromatic heterocycles. The lowest BCUT2D eigenvalue weighted by molar-refractivity contribution is -0.150. The van der Waals surface area contributed by atoms with E-state index in [4.69, 9.17) is 25.5 Å². The fourth-order valence-corrected chi connectivity index (χ4v) is 6.03. The van der Waals surface area contributed by atoms with Crippen molar-refractivity contribution in [1.29, 1.82) is 0 Å². The quantitative estimate of drug-likeness (QED) is 0.0339. The highest BCUT2D eigenvalue weighted by Crippen LogP contribution is 2.36. The van der Waals surface area contributed by atoms with E-state index in [0.29, 0.717) is 32.1 Å². The van der Waals surface area contributed by atoms with Gasteiger partial charge in [0.15, 0.2) is 0 Å². The van der Waals surface area contributed by atoms with E-state index in [1.807, 2.05) is 34.6 Å². The predicted molar refractivity (Wildman–Crippen MR) is 246 cm³/mol. The molecule has 1 atom stereocenters. The van der Waals surface area contributed by atoms with Crippen molar-refractivity contribution in [3.63, 3.8) is 0 Å². The van der Waals surface area contributed by atoms with E-state index in [1.54, 1.807) is 0 Å². The molecule has 360 valence electrons. The monoisotopic (exact) mass is 865 g/mol. The second-order valence-corrected chi connectivity index (χ2v) is 15.6. The number of rotatable bonds is 33. The highest BCUT2D eigenvalue weighted by Gasteiger charge is 2.35. The molecular weight excluding hydrogens is 769 g/mol. The third-order valence-electron chi connectivity index (χ3n) is 9.66. The molecule has 0 spiro atoms. The van der Waals surface area contributed by atoms with Crippen LogP contribution in [-0.2, 0) is 28.8 Å². The minimum Gasteiger partial charge on any atom is -0.481 e. The van der Waals surface area contributed by atoms with Crippen molar-refractivity contribution in [3.05, 3.63) is 0 Å². The van der Waals surface area contributed by atoms with Crippen LogP contribution < -0.4 is 0 Å². The Labute approximate surface area is 367 Å². The smallest absolute Gasteiger partial charge is 0.309 e. The van der Waals surface area contributed by atoms with Crippen LogP contribution in [0, 0.1) is 11.3 Å². The van der Waals surface area contributed by atoms with Crippen molar-refractivity contribution in [2.45, 2.75) is 261 Å². The first-order chi connectivity index (χ1) is 28.4. The lowest BCUT2D eigenvalue weighted by Crippen LogP contribution is -2.30. The second kappa shape index (κ2) is 55.8. The Morgan fingerprint density at radius 2 is 0.567 bits per heavy atom. The lowest BCUT2D eigenvalue weighted by atomic mass is 9.75. The molecule has 0 amide bonds. The van der Waals surface area contributed by atoms with Crippen LogP contribution in [-0.4, -0.2) is 66.5 Å². The average molecular weight is 865 g/mol. The Morgan fingerprint density at radius 1 is 0.333 bits per heavy atom. The van der Waals surface area contributed by atoms with Crippen LogP contribution in [0.5, 0.6) is 0 Å². The normalized spacial score (nSPS) is 10.9. The summed E-state index contributed by atoms with van der Waals surface area (Å²) >= 11 is 0. The molecule has 0 saturated carbocycles. The maximum absolute atomic E-state index is 12.0. The highest BCUT2D eigenvalue weighted by molar-refractivity contribution is 5.74. The average Bonchev–Trinajstić information content (AvgIpc) is 3.16. The molecule has 0 aliphatic carbocycles. The topological polar surface area (TPSA) is 224 Å². The van der Waals surface area contributed by atoms with E-state index in [2.05, 4.69) is 27.7 Å².